The highest BCUT2D eigenvalue weighted by molar-refractivity contribution is 7.85. The molecule has 7 heteroatoms. The first-order valence-electron chi connectivity index (χ1n) is 3.24. The van der Waals surface area contributed by atoms with Gasteiger partial charge in [-0.25, -0.2) is 0 Å². The summed E-state index contributed by atoms with van der Waals surface area (Å²) < 4.78 is 28.6. The lowest BCUT2D eigenvalue weighted by Crippen LogP contribution is -2.36. The molecule has 72 valence electrons. The number of hydrogen-bond donors (Lipinski definition) is 3. The zero-order valence-electron chi connectivity index (χ0n) is 6.52. The van der Waals surface area contributed by atoms with Crippen LogP contribution >= 0.6 is 0 Å². The van der Waals surface area contributed by atoms with Gasteiger partial charge in [-0.15, -0.1) is 0 Å². The van der Waals surface area contributed by atoms with E-state index in [1.54, 1.807) is 0 Å². The lowest BCUT2D eigenvalue weighted by atomic mass is 10.3. The molecule has 0 rings (SSSR count). The van der Waals surface area contributed by atoms with Crippen molar-refractivity contribution in [2.45, 2.75) is 13.0 Å². The lowest BCUT2D eigenvalue weighted by Gasteiger charge is -2.06. The van der Waals surface area contributed by atoms with Gasteiger partial charge in [-0.1, -0.05) is 0 Å². The highest BCUT2D eigenvalue weighted by Crippen LogP contribution is 1.83. The minimum Gasteiger partial charge on any atom is -0.480 e. The largest absolute Gasteiger partial charge is 0.480 e. The van der Waals surface area contributed by atoms with Gasteiger partial charge >= 0.3 is 5.97 Å². The van der Waals surface area contributed by atoms with Crippen molar-refractivity contribution in [3.8, 4) is 0 Å². The third-order valence-corrected chi connectivity index (χ3v) is 1.90. The Morgan fingerprint density at radius 2 is 2.08 bits per heavy atom. The highest BCUT2D eigenvalue weighted by atomic mass is 32.2. The molecule has 0 saturated carbocycles. The van der Waals surface area contributed by atoms with E-state index < -0.39 is 27.9 Å². The van der Waals surface area contributed by atoms with Crippen LogP contribution in [-0.2, 0) is 14.9 Å². The van der Waals surface area contributed by atoms with Crippen LogP contribution < -0.4 is 5.32 Å². The van der Waals surface area contributed by atoms with Crippen LogP contribution in [0.2, 0.25) is 0 Å². The summed E-state index contributed by atoms with van der Waals surface area (Å²) in [5.74, 6) is -1.55. The third-order valence-electron chi connectivity index (χ3n) is 1.18. The number of carboxylic acids is 1. The van der Waals surface area contributed by atoms with E-state index in [0.29, 0.717) is 0 Å². The summed E-state index contributed by atoms with van der Waals surface area (Å²) in [5, 5.41) is 10.7. The first-order chi connectivity index (χ1) is 5.33. The van der Waals surface area contributed by atoms with Crippen molar-refractivity contribution in [1.29, 1.82) is 0 Å². The van der Waals surface area contributed by atoms with E-state index in [4.69, 9.17) is 9.66 Å². The first kappa shape index (κ1) is 11.3. The van der Waals surface area contributed by atoms with E-state index in [2.05, 4.69) is 5.32 Å². The highest BCUT2D eigenvalue weighted by Gasteiger charge is 2.11. The number of rotatable bonds is 5. The second-order valence-corrected chi connectivity index (χ2v) is 3.87. The molecule has 0 saturated heterocycles. The Morgan fingerprint density at radius 1 is 1.58 bits per heavy atom. The molecule has 0 aromatic rings. The fourth-order valence-corrected chi connectivity index (χ4v) is 0.868. The SMILES string of the molecule is C[C@H](NCCS(=O)(=O)O)C(=O)O. The molecule has 0 aliphatic rings. The van der Waals surface area contributed by atoms with E-state index in [9.17, 15) is 13.2 Å². The van der Waals surface area contributed by atoms with Crippen LogP contribution in [-0.4, -0.2) is 42.4 Å². The fraction of sp³-hybridized carbons (Fsp3) is 0.800. The van der Waals surface area contributed by atoms with E-state index in [1.165, 1.54) is 6.92 Å². The molecule has 6 nitrogen and oxygen atoms in total. The van der Waals surface area contributed by atoms with Crippen molar-refractivity contribution < 1.29 is 22.9 Å². The Kier molecular flexibility index (Phi) is 4.15. The summed E-state index contributed by atoms with van der Waals surface area (Å²) in [7, 11) is -4.00. The summed E-state index contributed by atoms with van der Waals surface area (Å²) in [6.45, 7) is 1.30. The van der Waals surface area contributed by atoms with Crippen molar-refractivity contribution in [1.82, 2.24) is 5.32 Å². The van der Waals surface area contributed by atoms with Gasteiger partial charge in [0.25, 0.3) is 10.1 Å². The summed E-state index contributed by atoms with van der Waals surface area (Å²) in [6, 6.07) is -0.813. The number of carboxylic acid groups (broad SMARTS) is 1. The molecule has 0 heterocycles. The first-order valence-corrected chi connectivity index (χ1v) is 4.85. The number of nitrogens with one attached hydrogen (secondary N) is 1. The normalized spacial score (nSPS) is 14.2. The molecule has 0 amide bonds. The Bertz CT molecular complexity index is 247. The van der Waals surface area contributed by atoms with Gasteiger partial charge < -0.3 is 10.4 Å². The van der Waals surface area contributed by atoms with Gasteiger partial charge in [-0.2, -0.15) is 8.42 Å². The third kappa shape index (κ3) is 6.08. The predicted octanol–water partition coefficient (Wildman–Crippen LogP) is -1.06. The molecule has 0 bridgehead atoms. The molecule has 0 spiro atoms. The standard InChI is InChI=1S/C5H11NO5S/c1-4(5(7)8)6-2-3-12(9,10)11/h4,6H,2-3H2,1H3,(H,7,8)(H,9,10,11)/t4-/m0/s1. The van der Waals surface area contributed by atoms with E-state index >= 15 is 0 Å². The number of aliphatic carboxylic acids is 1. The number of hydrogen-bond acceptors (Lipinski definition) is 4. The smallest absolute Gasteiger partial charge is 0.320 e. The maximum atomic E-state index is 10.2. The molecule has 0 aromatic heterocycles. The Labute approximate surface area is 70.3 Å². The molecular weight excluding hydrogens is 186 g/mol. The maximum Gasteiger partial charge on any atom is 0.320 e. The van der Waals surface area contributed by atoms with Crippen LogP contribution in [0, 0.1) is 0 Å². The van der Waals surface area contributed by atoms with Crippen LogP contribution in [0.5, 0.6) is 0 Å². The molecule has 1 atom stereocenters. The van der Waals surface area contributed by atoms with Gasteiger partial charge in [-0.05, 0) is 6.92 Å². The summed E-state index contributed by atoms with van der Waals surface area (Å²) in [6.07, 6.45) is 0. The zero-order chi connectivity index (χ0) is 9.78. The topological polar surface area (TPSA) is 104 Å². The van der Waals surface area contributed by atoms with Crippen molar-refractivity contribution in [3.05, 3.63) is 0 Å². The van der Waals surface area contributed by atoms with Gasteiger partial charge in [0.05, 0.1) is 5.75 Å². The van der Waals surface area contributed by atoms with Crippen LogP contribution in [0.3, 0.4) is 0 Å². The quantitative estimate of drug-likeness (QED) is 0.485. The van der Waals surface area contributed by atoms with Crippen LogP contribution in [0.1, 0.15) is 6.92 Å². The molecule has 0 aromatic carbocycles. The van der Waals surface area contributed by atoms with E-state index in [0.717, 1.165) is 0 Å². The lowest BCUT2D eigenvalue weighted by molar-refractivity contribution is -0.138. The molecule has 0 aliphatic carbocycles. The Morgan fingerprint density at radius 3 is 2.42 bits per heavy atom. The Hall–Kier alpha value is -0.660. The average molecular weight is 197 g/mol. The molecule has 0 fully saturated rings. The number of carbonyl (C=O) groups is 1. The fourth-order valence-electron chi connectivity index (χ4n) is 0.492. The molecule has 0 unspecified atom stereocenters. The van der Waals surface area contributed by atoms with E-state index in [-0.39, 0.29) is 6.54 Å². The van der Waals surface area contributed by atoms with Crippen molar-refractivity contribution in [2.24, 2.45) is 0 Å². The summed E-state index contributed by atoms with van der Waals surface area (Å²) in [4.78, 5) is 10.2. The van der Waals surface area contributed by atoms with Crippen molar-refractivity contribution >= 4 is 16.1 Å². The molecule has 3 N–H and O–H groups in total. The molecule has 0 radical (unpaired) electrons. The predicted molar refractivity (Wildman–Crippen MR) is 41.5 cm³/mol. The molecule has 12 heavy (non-hydrogen) atoms. The molecular formula is C5H11NO5S. The van der Waals surface area contributed by atoms with E-state index in [1.807, 2.05) is 0 Å². The Balaban J connectivity index is 3.65. The zero-order valence-corrected chi connectivity index (χ0v) is 7.34. The average Bonchev–Trinajstić information content (AvgIpc) is 1.84. The monoisotopic (exact) mass is 197 g/mol. The minimum atomic E-state index is -4.00. The van der Waals surface area contributed by atoms with Crippen molar-refractivity contribution in [2.75, 3.05) is 12.3 Å². The van der Waals surface area contributed by atoms with Gasteiger partial charge in [0.1, 0.15) is 6.04 Å². The van der Waals surface area contributed by atoms with Crippen LogP contribution in [0.15, 0.2) is 0 Å². The summed E-state index contributed by atoms with van der Waals surface area (Å²) >= 11 is 0. The van der Waals surface area contributed by atoms with Gasteiger partial charge in [0, 0.05) is 6.54 Å². The van der Waals surface area contributed by atoms with Gasteiger partial charge in [0.15, 0.2) is 0 Å². The minimum absolute atomic E-state index is 0.0771. The van der Waals surface area contributed by atoms with Crippen LogP contribution in [0.25, 0.3) is 0 Å². The second-order valence-electron chi connectivity index (χ2n) is 2.30. The summed E-state index contributed by atoms with van der Waals surface area (Å²) in [5.41, 5.74) is 0. The van der Waals surface area contributed by atoms with Gasteiger partial charge in [0.2, 0.25) is 0 Å². The second kappa shape index (κ2) is 4.39. The maximum absolute atomic E-state index is 10.2. The van der Waals surface area contributed by atoms with Crippen LogP contribution in [0.4, 0.5) is 0 Å². The van der Waals surface area contributed by atoms with Gasteiger partial charge in [-0.3, -0.25) is 9.35 Å². The molecule has 0 aliphatic heterocycles. The van der Waals surface area contributed by atoms with Crippen molar-refractivity contribution in [3.63, 3.8) is 0 Å².